The van der Waals surface area contributed by atoms with Gasteiger partial charge in [0.05, 0.1) is 0 Å². The molecule has 0 spiro atoms. The van der Waals surface area contributed by atoms with Crippen molar-refractivity contribution in [1.82, 2.24) is 0 Å². The van der Waals surface area contributed by atoms with Crippen LogP contribution in [-0.4, -0.2) is 33.8 Å². The molecule has 3 nitrogen and oxygen atoms in total. The second-order valence-electron chi connectivity index (χ2n) is 9.28. The molecule has 46 heavy (non-hydrogen) atoms. The molecule has 0 saturated carbocycles. The fraction of sp³-hybridized carbons (Fsp3) is 0.455. The van der Waals surface area contributed by atoms with Crippen LogP contribution in [0.3, 0.4) is 0 Å². The molecule has 0 aliphatic carbocycles. The van der Waals surface area contributed by atoms with Crippen LogP contribution in [0.5, 0.6) is 0 Å². The Morgan fingerprint density at radius 3 is 0.783 bits per heavy atom. The van der Waals surface area contributed by atoms with Crippen LogP contribution in [0.15, 0.2) is 60.7 Å². The van der Waals surface area contributed by atoms with E-state index in [0.717, 1.165) is 10.4 Å². The number of halogens is 17. The first kappa shape index (κ1) is 70.4. The number of benzene rings is 2. The van der Waals surface area contributed by atoms with E-state index in [0.29, 0.717) is 0 Å². The van der Waals surface area contributed by atoms with Crippen LogP contribution in [0, 0.1) is 0 Å². The summed E-state index contributed by atoms with van der Waals surface area (Å²) in [6.07, 6.45) is 0. The van der Waals surface area contributed by atoms with Crippen molar-refractivity contribution in [2.45, 2.75) is 67.2 Å². The van der Waals surface area contributed by atoms with Gasteiger partial charge in [0.1, 0.15) is 0 Å². The van der Waals surface area contributed by atoms with Crippen molar-refractivity contribution in [2.24, 2.45) is 0 Å². The summed E-state index contributed by atoms with van der Waals surface area (Å²) in [5.41, 5.74) is 0. The molecular formula is C22H43F17O3Si4. The molecule has 0 heterocycles. The number of hydrogen-bond donors (Lipinski definition) is 0. The molecule has 2 aromatic rings. The summed E-state index contributed by atoms with van der Waals surface area (Å²) in [4.78, 5) is 0. The van der Waals surface area contributed by atoms with Crippen LogP contribution in [0.25, 0.3) is 0 Å². The summed E-state index contributed by atoms with van der Waals surface area (Å²) < 4.78 is 149. The zero-order valence-electron chi connectivity index (χ0n) is 24.5. The monoisotopic (exact) mass is 790 g/mol. The SMILES string of the molecule is C.C.C[Si](C)(C)O[Si](C)(C)O[Si](O[Si](C)(C)C)(c1ccccc1)c1ccccc1.F.FF.FF.FF.FF.FF.FF.FF.FF. The van der Waals surface area contributed by atoms with Crippen LogP contribution >= 0.6 is 0 Å². The lowest BCUT2D eigenvalue weighted by Crippen LogP contribution is -2.71. The standard InChI is InChI=1S/C20H34O3Si4.2CH4.8F2.FH/c1-24(2,3)21-26(7,8)23-27(22-25(4,5)6,19-15-11-9-12-16-19)20-17-13-10-14-18-20;;;8*1-2;/h9-18H,1-8H3;2*1H4;;;;;;;;;1H. The van der Waals surface area contributed by atoms with Gasteiger partial charge in [-0.15, -0.1) is 0 Å². The first-order chi connectivity index (χ1) is 20.3. The quantitative estimate of drug-likeness (QED) is 0.197. The molecule has 0 aromatic heterocycles. The maximum atomic E-state index is 8.00. The molecule has 0 unspecified atom stereocenters. The second kappa shape index (κ2) is 45.1. The minimum Gasteiger partial charge on any atom is -0.437 e. The molecule has 2 aromatic carbocycles. The molecule has 0 N–H and O–H groups in total. The molecule has 0 saturated heterocycles. The minimum atomic E-state index is -2.90. The highest BCUT2D eigenvalue weighted by Gasteiger charge is 2.51. The van der Waals surface area contributed by atoms with Crippen LogP contribution < -0.4 is 10.4 Å². The highest BCUT2D eigenvalue weighted by Crippen LogP contribution is 2.24. The molecule has 0 bridgehead atoms. The van der Waals surface area contributed by atoms with E-state index in [1.54, 1.807) is 0 Å². The molecule has 2 rings (SSSR count). The van der Waals surface area contributed by atoms with Gasteiger partial charge in [-0.3, -0.25) is 4.70 Å². The maximum Gasteiger partial charge on any atom is 0.388 e. The van der Waals surface area contributed by atoms with Crippen LogP contribution in [0.2, 0.25) is 52.4 Å². The topological polar surface area (TPSA) is 27.7 Å². The lowest BCUT2D eigenvalue weighted by atomic mass is 10.4. The summed E-state index contributed by atoms with van der Waals surface area (Å²) in [5, 5.41) is 2.30. The average Bonchev–Trinajstić information content (AvgIpc) is 3.03. The van der Waals surface area contributed by atoms with Crippen molar-refractivity contribution in [1.29, 1.82) is 0 Å². The highest BCUT2D eigenvalue weighted by atomic mass is 28.5. The Balaban J connectivity index is -0.0000000745. The molecule has 24 heteroatoms. The Morgan fingerprint density at radius 1 is 0.370 bits per heavy atom. The van der Waals surface area contributed by atoms with Gasteiger partial charge in [-0.2, -0.15) is 0 Å². The van der Waals surface area contributed by atoms with Crippen molar-refractivity contribution in [3.63, 3.8) is 0 Å². The zero-order chi connectivity index (χ0) is 36.3. The molecule has 0 radical (unpaired) electrons. The van der Waals surface area contributed by atoms with Crippen LogP contribution in [-0.2, 0) is 12.3 Å². The highest BCUT2D eigenvalue weighted by molar-refractivity contribution is 7.02. The van der Waals surface area contributed by atoms with E-state index in [4.69, 9.17) is 85.5 Å². The fourth-order valence-corrected chi connectivity index (χ4v) is 20.0. The Kier molecular flexibility index (Phi) is 69.0. The van der Waals surface area contributed by atoms with Gasteiger partial charge in [-0.25, -0.2) is 0 Å². The largest absolute Gasteiger partial charge is 0.437 e. The molecule has 0 aliphatic heterocycles. The molecule has 0 fully saturated rings. The average molecular weight is 791 g/mol. The minimum absolute atomic E-state index is 0. The lowest BCUT2D eigenvalue weighted by molar-refractivity contribution is 0.108. The number of hydrogen-bond acceptors (Lipinski definition) is 3. The van der Waals surface area contributed by atoms with Gasteiger partial charge in [0, 0.05) is 73.2 Å². The van der Waals surface area contributed by atoms with E-state index >= 15 is 0 Å². The van der Waals surface area contributed by atoms with Crippen molar-refractivity contribution >= 4 is 44.1 Å². The summed E-state index contributed by atoms with van der Waals surface area (Å²) >= 11 is 0. The third-order valence-corrected chi connectivity index (χ3v) is 17.0. The third-order valence-electron chi connectivity index (χ3n) is 3.70. The van der Waals surface area contributed by atoms with Crippen molar-refractivity contribution in [2.75, 3.05) is 0 Å². The van der Waals surface area contributed by atoms with Gasteiger partial charge in [0.15, 0.2) is 16.6 Å². The van der Waals surface area contributed by atoms with Crippen molar-refractivity contribution in [3.8, 4) is 0 Å². The van der Waals surface area contributed by atoms with E-state index in [2.05, 4.69) is 101 Å². The third kappa shape index (κ3) is 36.5. The first-order valence-corrected chi connectivity index (χ1v) is 22.1. The smallest absolute Gasteiger partial charge is 0.388 e. The molecule has 284 valence electrons. The predicted molar refractivity (Wildman–Crippen MR) is 159 cm³/mol. The summed E-state index contributed by atoms with van der Waals surface area (Å²) in [6, 6.07) is 21.0. The van der Waals surface area contributed by atoms with Gasteiger partial charge in [-0.1, -0.05) is 75.5 Å². The Hall–Kier alpha value is -2.00. The van der Waals surface area contributed by atoms with E-state index in [-0.39, 0.29) is 19.6 Å². The van der Waals surface area contributed by atoms with Crippen LogP contribution in [0.1, 0.15) is 14.9 Å². The zero-order valence-corrected chi connectivity index (χ0v) is 28.5. The Morgan fingerprint density at radius 2 is 0.587 bits per heavy atom. The van der Waals surface area contributed by atoms with Crippen LogP contribution in [0.4, 0.5) is 77.9 Å². The van der Waals surface area contributed by atoms with Gasteiger partial charge in [0.2, 0.25) is 0 Å². The first-order valence-electron chi connectivity index (χ1n) is 10.7. The van der Waals surface area contributed by atoms with Gasteiger partial charge in [0.25, 0.3) is 0 Å². The van der Waals surface area contributed by atoms with Crippen molar-refractivity contribution in [3.05, 3.63) is 60.7 Å². The lowest BCUT2D eigenvalue weighted by Gasteiger charge is -2.43. The van der Waals surface area contributed by atoms with E-state index < -0.39 is 33.8 Å². The molecule has 0 amide bonds. The van der Waals surface area contributed by atoms with Gasteiger partial charge >= 0.3 is 17.1 Å². The van der Waals surface area contributed by atoms with E-state index in [1.165, 1.54) is 0 Å². The Bertz CT molecular complexity index is 727. The molecule has 0 atom stereocenters. The second-order valence-corrected chi connectivity index (χ2v) is 25.4. The molecular weight excluding hydrogens is 748 g/mol. The van der Waals surface area contributed by atoms with E-state index in [9.17, 15) is 0 Å². The van der Waals surface area contributed by atoms with Gasteiger partial charge < -0.3 is 12.3 Å². The number of rotatable bonds is 8. The molecule has 0 aliphatic rings. The van der Waals surface area contributed by atoms with E-state index in [1.807, 2.05) is 12.1 Å². The Labute approximate surface area is 262 Å². The normalized spacial score (nSPS) is 9.04. The van der Waals surface area contributed by atoms with Crippen molar-refractivity contribution < 1.29 is 90.2 Å². The predicted octanol–water partition coefficient (Wildman–Crippen LogP) is 12.8. The summed E-state index contributed by atoms with van der Waals surface area (Å²) in [7, 11) is -8.96. The van der Waals surface area contributed by atoms with Gasteiger partial charge in [-0.05, 0) is 62.7 Å². The maximum absolute atomic E-state index is 8.00. The summed E-state index contributed by atoms with van der Waals surface area (Å²) in [6.45, 7) is 17.7. The fourth-order valence-electron chi connectivity index (χ4n) is 3.27. The summed E-state index contributed by atoms with van der Waals surface area (Å²) in [5.74, 6) is 0.